The highest BCUT2D eigenvalue weighted by molar-refractivity contribution is 7.89. The first-order valence-corrected chi connectivity index (χ1v) is 15.9. The molecule has 2 saturated carbocycles. The Bertz CT molecular complexity index is 1670. The molecule has 6 rings (SSSR count). The quantitative estimate of drug-likeness (QED) is 0.332. The van der Waals surface area contributed by atoms with Gasteiger partial charge in [0.25, 0.3) is 0 Å². The average Bonchev–Trinajstić information content (AvgIpc) is 3.71. The third-order valence-corrected chi connectivity index (χ3v) is 11.2. The molecule has 2 aliphatic carbocycles. The smallest absolute Gasteiger partial charge is 0.242 e. The van der Waals surface area contributed by atoms with Crippen molar-refractivity contribution in [3.63, 3.8) is 0 Å². The fourth-order valence-electron chi connectivity index (χ4n) is 5.48. The monoisotopic (exact) mass is 598 g/mol. The fourth-order valence-corrected chi connectivity index (χ4v) is 8.02. The molecule has 0 amide bonds. The van der Waals surface area contributed by atoms with E-state index in [0.717, 1.165) is 18.4 Å². The van der Waals surface area contributed by atoms with Crippen molar-refractivity contribution in [1.29, 1.82) is 5.26 Å². The van der Waals surface area contributed by atoms with E-state index >= 15 is 0 Å². The molecule has 3 aromatic rings. The maximum Gasteiger partial charge on any atom is 0.242 e. The molecular formula is C27H34N8O4S2. The number of pyridine rings is 1. The van der Waals surface area contributed by atoms with Crippen molar-refractivity contribution in [2.24, 2.45) is 5.92 Å². The highest BCUT2D eigenvalue weighted by Crippen LogP contribution is 2.49. The number of nitriles is 1. The molecule has 41 heavy (non-hydrogen) atoms. The van der Waals surface area contributed by atoms with Gasteiger partial charge in [-0.3, -0.25) is 14.2 Å². The van der Waals surface area contributed by atoms with E-state index in [2.05, 4.69) is 21.0 Å². The van der Waals surface area contributed by atoms with Gasteiger partial charge in [0.2, 0.25) is 10.0 Å². The van der Waals surface area contributed by atoms with Crippen LogP contribution in [0.5, 0.6) is 0 Å². The second kappa shape index (κ2) is 10.2. The number of rotatable bonds is 10. The van der Waals surface area contributed by atoms with Crippen LogP contribution in [0.1, 0.15) is 43.2 Å². The van der Waals surface area contributed by atoms with Crippen molar-refractivity contribution in [2.75, 3.05) is 40.9 Å². The lowest BCUT2D eigenvalue weighted by Crippen LogP contribution is -2.46. The van der Waals surface area contributed by atoms with Gasteiger partial charge in [-0.25, -0.2) is 18.1 Å². The summed E-state index contributed by atoms with van der Waals surface area (Å²) in [6.07, 6.45) is 7.42. The minimum absolute atomic E-state index is 0.110. The molecule has 12 nitrogen and oxygen atoms in total. The van der Waals surface area contributed by atoms with Gasteiger partial charge < -0.3 is 9.84 Å². The molecule has 0 bridgehead atoms. The summed E-state index contributed by atoms with van der Waals surface area (Å²) < 4.78 is 37.5. The highest BCUT2D eigenvalue weighted by Gasteiger charge is 2.52. The predicted molar refractivity (Wildman–Crippen MR) is 153 cm³/mol. The SMILES string of the molecule is COC[C@@H]1C[C@@]1(C)NS(=O)(=O)c1cc(C2=CCN(C(O)N(C)C)CC2)c2ncc(-c3nnc(C4(C#N)CC4)s3)n2c1. The summed E-state index contributed by atoms with van der Waals surface area (Å²) in [6, 6.07) is 4.05. The van der Waals surface area contributed by atoms with Crippen LogP contribution in [0.4, 0.5) is 0 Å². The van der Waals surface area contributed by atoms with Crippen molar-refractivity contribution < 1.29 is 18.3 Å². The van der Waals surface area contributed by atoms with E-state index in [9.17, 15) is 18.8 Å². The van der Waals surface area contributed by atoms with Gasteiger partial charge in [0.1, 0.15) is 21.8 Å². The van der Waals surface area contributed by atoms with Gasteiger partial charge in [0.15, 0.2) is 11.4 Å². The zero-order valence-corrected chi connectivity index (χ0v) is 25.2. The minimum atomic E-state index is -3.90. The van der Waals surface area contributed by atoms with Gasteiger partial charge in [-0.15, -0.1) is 10.2 Å². The lowest BCUT2D eigenvalue weighted by atomic mass is 10.0. The van der Waals surface area contributed by atoms with Crippen LogP contribution in [0.3, 0.4) is 0 Å². The number of hydrogen-bond donors (Lipinski definition) is 2. The summed E-state index contributed by atoms with van der Waals surface area (Å²) in [5.74, 6) is 0.110. The summed E-state index contributed by atoms with van der Waals surface area (Å²) in [5.41, 5.74) is 1.77. The maximum atomic E-state index is 13.8. The molecule has 3 aliphatic rings. The van der Waals surface area contributed by atoms with Crippen LogP contribution in [0.15, 0.2) is 29.4 Å². The summed E-state index contributed by atoms with van der Waals surface area (Å²) in [6.45, 7) is 3.50. The van der Waals surface area contributed by atoms with Crippen molar-refractivity contribution in [1.82, 2.24) is 34.1 Å². The van der Waals surface area contributed by atoms with Crippen LogP contribution in [-0.2, 0) is 20.2 Å². The minimum Gasteiger partial charge on any atom is -0.384 e. The van der Waals surface area contributed by atoms with E-state index in [1.165, 1.54) is 11.3 Å². The molecule has 4 heterocycles. The number of fused-ring (bicyclic) bond motifs is 1. The van der Waals surface area contributed by atoms with Gasteiger partial charge >= 0.3 is 0 Å². The van der Waals surface area contributed by atoms with Gasteiger partial charge in [0.05, 0.1) is 23.8 Å². The Balaban J connectivity index is 1.42. The maximum absolute atomic E-state index is 13.8. The van der Waals surface area contributed by atoms with E-state index in [4.69, 9.17) is 9.72 Å². The largest absolute Gasteiger partial charge is 0.384 e. The standard InChI is InChI=1S/C27H34N8O4S2/c1-26(12-18(26)15-39-4)32-41(37,38)19-11-20(17-5-9-34(10-6-17)25(36)33(2)3)22-29-13-21(35(22)14-19)23-30-31-24(40-23)27(16-28)7-8-27/h5,11,13-14,18,25,32,36H,6-10,12,15H2,1-4H3/t18-,25?,26+/m0/s1. The van der Waals surface area contributed by atoms with Crippen LogP contribution in [0.2, 0.25) is 0 Å². The predicted octanol–water partition coefficient (Wildman–Crippen LogP) is 2.04. The van der Waals surface area contributed by atoms with Gasteiger partial charge in [-0.2, -0.15) is 5.26 Å². The summed E-state index contributed by atoms with van der Waals surface area (Å²) in [7, 11) is 1.36. The number of hydrogen-bond acceptors (Lipinski definition) is 11. The number of aromatic nitrogens is 4. The van der Waals surface area contributed by atoms with Gasteiger partial charge in [0, 0.05) is 43.4 Å². The molecule has 2 N–H and O–H groups in total. The Morgan fingerprint density at radius 2 is 2.15 bits per heavy atom. The van der Waals surface area contributed by atoms with Crippen LogP contribution in [0.25, 0.3) is 21.9 Å². The second-order valence-electron chi connectivity index (χ2n) is 11.7. The third kappa shape index (κ3) is 5.10. The fraction of sp³-hybridized carbons (Fsp3) is 0.556. The normalized spacial score (nSPS) is 24.8. The molecule has 14 heteroatoms. The van der Waals surface area contributed by atoms with Crippen molar-refractivity contribution >= 4 is 32.6 Å². The molecule has 0 radical (unpaired) electrons. The highest BCUT2D eigenvalue weighted by atomic mass is 32.2. The Morgan fingerprint density at radius 1 is 1.37 bits per heavy atom. The molecule has 218 valence electrons. The molecular weight excluding hydrogens is 564 g/mol. The number of methoxy groups -OCH3 is 1. The van der Waals surface area contributed by atoms with Crippen molar-refractivity contribution in [2.45, 2.75) is 54.8 Å². The number of aliphatic hydroxyl groups excluding tert-OH is 1. The molecule has 1 aliphatic heterocycles. The van der Waals surface area contributed by atoms with Crippen LogP contribution in [-0.4, -0.2) is 95.7 Å². The first-order chi connectivity index (χ1) is 19.5. The molecule has 0 spiro atoms. The number of aliphatic hydroxyl groups is 1. The van der Waals surface area contributed by atoms with Crippen molar-refractivity contribution in [3.8, 4) is 16.8 Å². The van der Waals surface area contributed by atoms with Crippen LogP contribution >= 0.6 is 11.3 Å². The first kappa shape index (κ1) is 28.4. The summed E-state index contributed by atoms with van der Waals surface area (Å²) >= 11 is 1.35. The van der Waals surface area contributed by atoms with E-state index in [-0.39, 0.29) is 10.8 Å². The molecule has 1 unspecified atom stereocenters. The van der Waals surface area contributed by atoms with E-state index in [0.29, 0.717) is 59.5 Å². The molecule has 0 aromatic carbocycles. The number of imidazole rings is 1. The van der Waals surface area contributed by atoms with Gasteiger partial charge in [-0.1, -0.05) is 17.4 Å². The lowest BCUT2D eigenvalue weighted by molar-refractivity contribution is -0.0853. The Kier molecular flexibility index (Phi) is 7.05. The third-order valence-electron chi connectivity index (χ3n) is 8.43. The number of ether oxygens (including phenoxy) is 1. The van der Waals surface area contributed by atoms with Crippen molar-refractivity contribution in [3.05, 3.63) is 35.1 Å². The average molecular weight is 599 g/mol. The first-order valence-electron chi connectivity index (χ1n) is 13.6. The molecule has 2 fully saturated rings. The van der Waals surface area contributed by atoms with E-state index in [1.54, 1.807) is 34.9 Å². The Morgan fingerprint density at radius 3 is 2.78 bits per heavy atom. The number of nitrogens with one attached hydrogen (secondary N) is 1. The summed E-state index contributed by atoms with van der Waals surface area (Å²) in [4.78, 5) is 8.50. The lowest BCUT2D eigenvalue weighted by Gasteiger charge is -2.34. The zero-order valence-electron chi connectivity index (χ0n) is 23.5. The topological polar surface area (TPSA) is 149 Å². The summed E-state index contributed by atoms with van der Waals surface area (Å²) in [5, 5.41) is 30.0. The molecule has 3 aromatic heterocycles. The molecule has 0 saturated heterocycles. The second-order valence-corrected chi connectivity index (χ2v) is 14.4. The molecule has 3 atom stereocenters. The zero-order chi connectivity index (χ0) is 29.2. The Labute approximate surface area is 243 Å². The van der Waals surface area contributed by atoms with E-state index in [1.807, 2.05) is 32.0 Å². The Hall–Kier alpha value is -2.77. The van der Waals surface area contributed by atoms with Gasteiger partial charge in [-0.05, 0) is 58.3 Å². The van der Waals surface area contributed by atoms with Crippen LogP contribution < -0.4 is 4.72 Å². The van der Waals surface area contributed by atoms with Crippen LogP contribution in [0, 0.1) is 17.2 Å². The number of sulfonamides is 1. The number of nitrogens with zero attached hydrogens (tertiary/aromatic N) is 7. The van der Waals surface area contributed by atoms with E-state index < -0.39 is 27.3 Å².